The number of esters is 1. The van der Waals surface area contributed by atoms with Crippen molar-refractivity contribution >= 4 is 19.7 Å². The molecular formula is C55H102N2O7P+. The van der Waals surface area contributed by atoms with Crippen LogP contribution in [0.3, 0.4) is 0 Å². The van der Waals surface area contributed by atoms with Crippen molar-refractivity contribution in [3.8, 4) is 0 Å². The van der Waals surface area contributed by atoms with Crippen molar-refractivity contribution in [1.29, 1.82) is 0 Å². The standard InChI is InChI=1S/C55H101N2O7P/c1-7-10-13-16-19-22-25-28-30-33-36-39-42-45-48-55(59)64-53(46-43-40-37-34-31-27-24-21-18-15-12-9-3)52(51-63-65(60,61)62-50-49-57(4,5)6)56-54(58)47-44-41-38-35-32-29-26-23-20-17-14-11-8-2/h10,13,19,22,28-30,32,43,46,52-53H,7-9,11-12,14-18,20-21,23-27,31,33-42,44-45,47-51H2,1-6H3,(H-,56,58,60,61)/p+1/b13-10+,22-19+,30-28+,32-29-,46-43+. The van der Waals surface area contributed by atoms with Crippen LogP contribution in [0.2, 0.25) is 0 Å². The first-order valence-electron chi connectivity index (χ1n) is 26.6. The van der Waals surface area contributed by atoms with Crippen molar-refractivity contribution in [3.63, 3.8) is 0 Å². The number of carbonyl (C=O) groups is 2. The van der Waals surface area contributed by atoms with Crippen LogP contribution in [0.5, 0.6) is 0 Å². The Morgan fingerprint density at radius 3 is 1.51 bits per heavy atom. The summed E-state index contributed by atoms with van der Waals surface area (Å²) in [6, 6.07) is -0.864. The molecule has 0 saturated heterocycles. The average Bonchev–Trinajstić information content (AvgIpc) is 3.26. The van der Waals surface area contributed by atoms with Gasteiger partial charge >= 0.3 is 13.8 Å². The average molecular weight is 934 g/mol. The van der Waals surface area contributed by atoms with Gasteiger partial charge in [-0.3, -0.25) is 18.6 Å². The van der Waals surface area contributed by atoms with E-state index in [1.807, 2.05) is 33.3 Å². The van der Waals surface area contributed by atoms with E-state index in [-0.39, 0.29) is 31.5 Å². The molecule has 0 aromatic heterocycles. The van der Waals surface area contributed by atoms with Crippen LogP contribution in [0.25, 0.3) is 0 Å². The molecule has 0 bridgehead atoms. The SMILES string of the molecule is CC/C=C/C/C=C/C/C=C/CCCCCCC(=O)OC(/C=C/CCCCCCCCCCCC)C(COP(=O)(O)OCC[N+](C)(C)C)NC(=O)CCCCC/C=C\CCCCCCCC. The minimum absolute atomic E-state index is 0.0323. The molecule has 65 heavy (non-hydrogen) atoms. The van der Waals surface area contributed by atoms with E-state index in [2.05, 4.69) is 74.7 Å². The Labute approximate surface area is 401 Å². The first-order valence-corrected chi connectivity index (χ1v) is 28.1. The highest BCUT2D eigenvalue weighted by Crippen LogP contribution is 2.43. The minimum atomic E-state index is -4.45. The highest BCUT2D eigenvalue weighted by Gasteiger charge is 2.30. The number of carbonyl (C=O) groups excluding carboxylic acids is 2. The van der Waals surface area contributed by atoms with Gasteiger partial charge < -0.3 is 19.4 Å². The van der Waals surface area contributed by atoms with Crippen molar-refractivity contribution < 1.29 is 37.3 Å². The van der Waals surface area contributed by atoms with Crippen molar-refractivity contribution in [2.75, 3.05) is 40.9 Å². The van der Waals surface area contributed by atoms with Crippen LogP contribution < -0.4 is 5.32 Å². The quantitative estimate of drug-likeness (QED) is 0.0206. The topological polar surface area (TPSA) is 111 Å². The third kappa shape index (κ3) is 46.6. The van der Waals surface area contributed by atoms with Gasteiger partial charge in [0.1, 0.15) is 19.3 Å². The molecule has 0 spiro atoms. The number of hydrogen-bond donors (Lipinski definition) is 2. The number of allylic oxidation sites excluding steroid dienone is 9. The van der Waals surface area contributed by atoms with Gasteiger partial charge in [0, 0.05) is 12.8 Å². The zero-order valence-corrected chi connectivity index (χ0v) is 43.9. The largest absolute Gasteiger partial charge is 0.472 e. The molecule has 0 aromatic carbocycles. The number of phosphoric ester groups is 1. The van der Waals surface area contributed by atoms with Gasteiger partial charge in [-0.25, -0.2) is 4.57 Å². The number of rotatable bonds is 47. The van der Waals surface area contributed by atoms with E-state index >= 15 is 0 Å². The maximum atomic E-state index is 13.4. The molecule has 0 saturated carbocycles. The number of quaternary nitrogens is 1. The number of unbranched alkanes of at least 4 members (excludes halogenated alkanes) is 23. The van der Waals surface area contributed by atoms with E-state index < -0.39 is 20.0 Å². The minimum Gasteiger partial charge on any atom is -0.456 e. The van der Waals surface area contributed by atoms with Gasteiger partial charge in [-0.05, 0) is 89.5 Å². The Hall–Kier alpha value is -2.29. The lowest BCUT2D eigenvalue weighted by atomic mass is 10.1. The molecule has 0 rings (SSSR count). The van der Waals surface area contributed by atoms with Gasteiger partial charge in [0.2, 0.25) is 5.91 Å². The molecule has 378 valence electrons. The molecule has 10 heteroatoms. The van der Waals surface area contributed by atoms with E-state index in [0.717, 1.165) is 96.3 Å². The number of nitrogens with zero attached hydrogens (tertiary/aromatic N) is 1. The van der Waals surface area contributed by atoms with E-state index in [4.69, 9.17) is 13.8 Å². The lowest BCUT2D eigenvalue weighted by Crippen LogP contribution is -2.47. The van der Waals surface area contributed by atoms with Crippen LogP contribution in [0.4, 0.5) is 0 Å². The number of ether oxygens (including phenoxy) is 1. The molecule has 1 amide bonds. The van der Waals surface area contributed by atoms with Crippen molar-refractivity contribution in [1.82, 2.24) is 5.32 Å². The normalized spacial score (nSPS) is 14.4. The summed E-state index contributed by atoms with van der Waals surface area (Å²) in [5.74, 6) is -0.552. The fourth-order valence-corrected chi connectivity index (χ4v) is 8.04. The summed E-state index contributed by atoms with van der Waals surface area (Å²) in [5.41, 5.74) is 0. The first kappa shape index (κ1) is 62.7. The molecule has 0 heterocycles. The Morgan fingerprint density at radius 2 is 0.985 bits per heavy atom. The zero-order valence-electron chi connectivity index (χ0n) is 43.0. The van der Waals surface area contributed by atoms with Crippen LogP contribution >= 0.6 is 7.82 Å². The molecule has 0 aliphatic rings. The number of amides is 1. The Morgan fingerprint density at radius 1 is 0.554 bits per heavy atom. The highest BCUT2D eigenvalue weighted by molar-refractivity contribution is 7.47. The molecule has 0 fully saturated rings. The summed E-state index contributed by atoms with van der Waals surface area (Å²) in [6.07, 6.45) is 55.0. The second-order valence-electron chi connectivity index (χ2n) is 19.0. The zero-order chi connectivity index (χ0) is 48.0. The monoisotopic (exact) mass is 934 g/mol. The molecule has 9 nitrogen and oxygen atoms in total. The van der Waals surface area contributed by atoms with E-state index in [1.165, 1.54) is 89.9 Å². The van der Waals surface area contributed by atoms with E-state index in [9.17, 15) is 19.0 Å². The number of hydrogen-bond acceptors (Lipinski definition) is 6. The number of phosphoric acid groups is 1. The summed E-state index contributed by atoms with van der Waals surface area (Å²) in [6.45, 7) is 6.84. The maximum absolute atomic E-state index is 13.4. The fourth-order valence-electron chi connectivity index (χ4n) is 7.30. The van der Waals surface area contributed by atoms with E-state index in [1.54, 1.807) is 0 Å². The lowest BCUT2D eigenvalue weighted by molar-refractivity contribution is -0.870. The maximum Gasteiger partial charge on any atom is 0.472 e. The van der Waals surface area contributed by atoms with Crippen LogP contribution in [0, 0.1) is 0 Å². The molecule has 0 radical (unpaired) electrons. The van der Waals surface area contributed by atoms with Crippen molar-refractivity contribution in [3.05, 3.63) is 60.8 Å². The Balaban J connectivity index is 5.49. The van der Waals surface area contributed by atoms with Crippen LogP contribution in [-0.2, 0) is 27.9 Å². The third-order valence-electron chi connectivity index (χ3n) is 11.4. The second kappa shape index (κ2) is 45.5. The first-order chi connectivity index (χ1) is 31.4. The summed E-state index contributed by atoms with van der Waals surface area (Å²) in [4.78, 5) is 37.4. The Kier molecular flexibility index (Phi) is 43.9. The molecule has 3 atom stereocenters. The number of nitrogens with one attached hydrogen (secondary N) is 1. The lowest BCUT2D eigenvalue weighted by Gasteiger charge is -2.27. The Bertz CT molecular complexity index is 1300. The molecule has 3 unspecified atom stereocenters. The summed E-state index contributed by atoms with van der Waals surface area (Å²) < 4.78 is 30.5. The van der Waals surface area contributed by atoms with Gasteiger partial charge in [-0.1, -0.05) is 185 Å². The van der Waals surface area contributed by atoms with Crippen LogP contribution in [0.1, 0.15) is 226 Å². The van der Waals surface area contributed by atoms with Crippen LogP contribution in [0.15, 0.2) is 60.8 Å². The second-order valence-corrected chi connectivity index (χ2v) is 20.5. The van der Waals surface area contributed by atoms with Crippen molar-refractivity contribution in [2.24, 2.45) is 0 Å². The van der Waals surface area contributed by atoms with Crippen molar-refractivity contribution in [2.45, 2.75) is 238 Å². The van der Waals surface area contributed by atoms with Gasteiger partial charge in [-0.2, -0.15) is 0 Å². The smallest absolute Gasteiger partial charge is 0.456 e. The molecule has 0 aliphatic heterocycles. The number of likely N-dealkylation sites (N-methyl/N-ethyl adjacent to an activating group) is 1. The highest BCUT2D eigenvalue weighted by atomic mass is 31.2. The molecular weight excluding hydrogens is 832 g/mol. The summed E-state index contributed by atoms with van der Waals surface area (Å²) in [5, 5.41) is 3.02. The van der Waals surface area contributed by atoms with Gasteiger partial charge in [0.05, 0.1) is 33.8 Å². The fraction of sp³-hybridized carbons (Fsp3) is 0.782. The molecule has 0 aromatic rings. The third-order valence-corrected chi connectivity index (χ3v) is 12.4. The van der Waals surface area contributed by atoms with Crippen LogP contribution in [-0.4, -0.2) is 74.3 Å². The van der Waals surface area contributed by atoms with Gasteiger partial charge in [0.15, 0.2) is 0 Å². The summed E-state index contributed by atoms with van der Waals surface area (Å²) in [7, 11) is 1.47. The predicted octanol–water partition coefficient (Wildman–Crippen LogP) is 15.5. The van der Waals surface area contributed by atoms with E-state index in [0.29, 0.717) is 23.9 Å². The molecule has 2 N–H and O–H groups in total. The van der Waals surface area contributed by atoms with Gasteiger partial charge in [-0.15, -0.1) is 0 Å². The molecule has 0 aliphatic carbocycles. The predicted molar refractivity (Wildman–Crippen MR) is 277 cm³/mol. The summed E-state index contributed by atoms with van der Waals surface area (Å²) >= 11 is 0. The van der Waals surface area contributed by atoms with Gasteiger partial charge in [0.25, 0.3) is 0 Å².